The molecule has 5 heteroatoms. The minimum atomic E-state index is 0. The molecule has 0 N–H and O–H groups in total. The zero-order valence-electron chi connectivity index (χ0n) is 19.6. The van der Waals surface area contributed by atoms with E-state index in [1.807, 2.05) is 33.8 Å². The average molecular weight is 673 g/mol. The smallest absolute Gasteiger partial charge is 0.173 e. The molecule has 0 aliphatic rings. The number of hydrogen-bond donors (Lipinski definition) is 0. The maximum Gasteiger partial charge on any atom is 1.00 e. The van der Waals surface area contributed by atoms with Gasteiger partial charge in [-0.1, -0.05) is 71.4 Å². The standard InChI is InChI=1S/C22H17N2S.2C2H6.Rb.Re/c1-5-14-11-16-12-15(7-8-19(16)17(14)6-2)20-10-9-18(13(3)4)21-22(20)24-25-23-21;2*1-2;;/h1,6-13H,2H2,3-4H3;2*1-2H3;;/q-1;;;+1;. The fourth-order valence-electron chi connectivity index (χ4n) is 3.40. The first-order chi connectivity index (χ1) is 14.1. The third-order valence-electron chi connectivity index (χ3n) is 4.67. The number of nitrogens with zero attached hydrogens (tertiary/aromatic N) is 2. The van der Waals surface area contributed by atoms with E-state index in [4.69, 9.17) is 6.42 Å². The first-order valence-corrected chi connectivity index (χ1v) is 10.9. The molecule has 0 spiro atoms. The van der Waals surface area contributed by atoms with E-state index in [2.05, 4.69) is 71.5 Å². The van der Waals surface area contributed by atoms with Crippen molar-refractivity contribution in [3.05, 3.63) is 59.7 Å². The van der Waals surface area contributed by atoms with E-state index in [0.29, 0.717) is 5.92 Å². The minimum absolute atomic E-state index is 0. The van der Waals surface area contributed by atoms with Crippen LogP contribution >= 0.6 is 11.7 Å². The quantitative estimate of drug-likeness (QED) is 0.226. The van der Waals surface area contributed by atoms with Crippen LogP contribution in [-0.4, -0.2) is 8.75 Å². The van der Waals surface area contributed by atoms with Crippen LogP contribution in [0.4, 0.5) is 0 Å². The summed E-state index contributed by atoms with van der Waals surface area (Å²) < 4.78 is 9.08. The van der Waals surface area contributed by atoms with Crippen molar-refractivity contribution in [1.82, 2.24) is 8.75 Å². The number of terminal acetylenes is 1. The maximum atomic E-state index is 5.63. The van der Waals surface area contributed by atoms with Gasteiger partial charge < -0.3 is 0 Å². The second kappa shape index (κ2) is 14.7. The van der Waals surface area contributed by atoms with Crippen molar-refractivity contribution < 1.29 is 78.6 Å². The van der Waals surface area contributed by atoms with E-state index in [-0.39, 0.29) is 78.6 Å². The van der Waals surface area contributed by atoms with Crippen LogP contribution in [0.5, 0.6) is 0 Å². The van der Waals surface area contributed by atoms with E-state index >= 15 is 0 Å². The third kappa shape index (κ3) is 6.37. The van der Waals surface area contributed by atoms with Gasteiger partial charge in [0, 0.05) is 26.0 Å². The van der Waals surface area contributed by atoms with Crippen LogP contribution in [0.3, 0.4) is 0 Å². The van der Waals surface area contributed by atoms with Crippen LogP contribution in [0.1, 0.15) is 64.2 Å². The van der Waals surface area contributed by atoms with Gasteiger partial charge in [-0.05, 0) is 17.0 Å². The van der Waals surface area contributed by atoms with Crippen LogP contribution in [0, 0.1) is 12.3 Å². The predicted octanol–water partition coefficient (Wildman–Crippen LogP) is 5.03. The molecule has 0 amide bonds. The van der Waals surface area contributed by atoms with Gasteiger partial charge in [0.15, 0.2) is 0 Å². The van der Waals surface area contributed by atoms with Gasteiger partial charge in [-0.15, -0.1) is 41.1 Å². The molecule has 157 valence electrons. The molecular formula is C26H29N2RbReS. The minimum Gasteiger partial charge on any atom is -0.173 e. The van der Waals surface area contributed by atoms with Crippen LogP contribution in [0.2, 0.25) is 0 Å². The zero-order chi connectivity index (χ0) is 21.6. The normalized spacial score (nSPS) is 9.48. The van der Waals surface area contributed by atoms with Crippen molar-refractivity contribution in [1.29, 1.82) is 0 Å². The second-order valence-corrected chi connectivity index (χ2v) is 6.97. The fraction of sp³-hybridized carbons (Fsp3) is 0.269. The molecule has 0 fully saturated rings. The Labute approximate surface area is 254 Å². The van der Waals surface area contributed by atoms with Gasteiger partial charge in [-0.25, -0.2) is 0 Å². The Balaban J connectivity index is 0.00000142. The summed E-state index contributed by atoms with van der Waals surface area (Å²) in [5, 5.41) is 2.27. The monoisotopic (exact) mass is 673 g/mol. The molecule has 1 aromatic heterocycles. The van der Waals surface area contributed by atoms with Gasteiger partial charge in [0.05, 0.1) is 11.7 Å². The average Bonchev–Trinajstić information content (AvgIpc) is 3.39. The first-order valence-electron chi connectivity index (χ1n) is 10.2. The Morgan fingerprint density at radius 2 is 1.71 bits per heavy atom. The maximum absolute atomic E-state index is 5.63. The number of benzene rings is 2. The molecule has 0 bridgehead atoms. The van der Waals surface area contributed by atoms with Gasteiger partial charge >= 0.3 is 58.2 Å². The van der Waals surface area contributed by atoms with Crippen molar-refractivity contribution in [2.75, 3.05) is 0 Å². The molecule has 0 atom stereocenters. The van der Waals surface area contributed by atoms with Crippen molar-refractivity contribution >= 4 is 39.6 Å². The Morgan fingerprint density at radius 1 is 1.06 bits per heavy atom. The van der Waals surface area contributed by atoms with E-state index in [9.17, 15) is 0 Å². The molecule has 0 saturated heterocycles. The topological polar surface area (TPSA) is 25.8 Å². The number of hydrogen-bond acceptors (Lipinski definition) is 3. The molecule has 4 rings (SSSR count). The van der Waals surface area contributed by atoms with Crippen molar-refractivity contribution in [3.63, 3.8) is 0 Å². The van der Waals surface area contributed by atoms with E-state index < -0.39 is 0 Å². The van der Waals surface area contributed by atoms with Gasteiger partial charge in [-0.3, -0.25) is 0 Å². The summed E-state index contributed by atoms with van der Waals surface area (Å²) in [5.41, 5.74) is 7.38. The first kappa shape index (κ1) is 30.6. The molecule has 4 aromatic rings. The Kier molecular flexibility index (Phi) is 14.5. The van der Waals surface area contributed by atoms with Gasteiger partial charge in [-0.2, -0.15) is 21.1 Å². The van der Waals surface area contributed by atoms with Gasteiger partial charge in [0.25, 0.3) is 0 Å². The Hall–Kier alpha value is -0.362. The molecular weight excluding hydrogens is 644 g/mol. The largest absolute Gasteiger partial charge is 1.00 e. The van der Waals surface area contributed by atoms with Gasteiger partial charge in [0.1, 0.15) is 11.0 Å². The van der Waals surface area contributed by atoms with E-state index in [1.54, 1.807) is 0 Å². The van der Waals surface area contributed by atoms with Crippen molar-refractivity contribution in [2.45, 2.75) is 47.5 Å². The van der Waals surface area contributed by atoms with E-state index in [0.717, 1.165) is 44.1 Å². The van der Waals surface area contributed by atoms with Crippen LogP contribution in [-0.2, 0) is 20.4 Å². The van der Waals surface area contributed by atoms with Crippen molar-refractivity contribution in [2.24, 2.45) is 0 Å². The molecule has 0 unspecified atom stereocenters. The summed E-state index contributed by atoms with van der Waals surface area (Å²) in [4.78, 5) is 0. The molecule has 2 nitrogen and oxygen atoms in total. The number of fused-ring (bicyclic) bond motifs is 2. The second-order valence-electron chi connectivity index (χ2n) is 6.44. The molecule has 31 heavy (non-hydrogen) atoms. The summed E-state index contributed by atoms with van der Waals surface area (Å²) in [6, 6.07) is 12.8. The Morgan fingerprint density at radius 3 is 2.29 bits per heavy atom. The van der Waals surface area contributed by atoms with Crippen LogP contribution in [0.25, 0.3) is 39.0 Å². The summed E-state index contributed by atoms with van der Waals surface area (Å²) in [6.07, 6.45) is 7.46. The van der Waals surface area contributed by atoms with Crippen molar-refractivity contribution in [3.8, 4) is 23.5 Å². The summed E-state index contributed by atoms with van der Waals surface area (Å²) in [5.74, 6) is 3.17. The van der Waals surface area contributed by atoms with Crippen LogP contribution in [0.15, 0.2) is 43.0 Å². The fourth-order valence-corrected chi connectivity index (χ4v) is 3.98. The molecule has 3 aromatic carbocycles. The Bertz CT molecular complexity index is 1170. The van der Waals surface area contributed by atoms with Crippen LogP contribution < -0.4 is 58.2 Å². The molecule has 1 heterocycles. The molecule has 0 saturated carbocycles. The molecule has 0 aliphatic heterocycles. The third-order valence-corrected chi connectivity index (χ3v) is 5.20. The number of aromatic nitrogens is 2. The SMILES string of the molecule is C#Cc1[cH-]c2cc(-c3ccc(C(C)C)c4nsnc34)ccc2c1C=C.CC.CC.[Rb+].[Re]. The predicted molar refractivity (Wildman–Crippen MR) is 131 cm³/mol. The van der Waals surface area contributed by atoms with Gasteiger partial charge in [0.2, 0.25) is 0 Å². The number of rotatable bonds is 3. The summed E-state index contributed by atoms with van der Waals surface area (Å²) in [7, 11) is 0. The summed E-state index contributed by atoms with van der Waals surface area (Å²) >= 11 is 1.27. The molecule has 1 radical (unpaired) electrons. The molecule has 0 aliphatic carbocycles. The van der Waals surface area contributed by atoms with E-state index in [1.165, 1.54) is 17.3 Å². The zero-order valence-corrected chi connectivity index (χ0v) is 28.0. The summed E-state index contributed by atoms with van der Waals surface area (Å²) in [6.45, 7) is 16.3.